The molecule has 0 saturated heterocycles. The first-order valence-corrected chi connectivity index (χ1v) is 10.2. The second kappa shape index (κ2) is 9.56. The normalized spacial score (nSPS) is 14.8. The van der Waals surface area contributed by atoms with E-state index in [1.54, 1.807) is 6.07 Å². The van der Waals surface area contributed by atoms with Crippen molar-refractivity contribution < 1.29 is 27.6 Å². The molecule has 1 amide bonds. The van der Waals surface area contributed by atoms with Crippen molar-refractivity contribution in [2.24, 2.45) is 0 Å². The molecule has 1 aliphatic rings. The van der Waals surface area contributed by atoms with Crippen molar-refractivity contribution >= 4 is 17.3 Å². The number of hydrogen-bond acceptors (Lipinski definition) is 5. The van der Waals surface area contributed by atoms with Gasteiger partial charge in [0.05, 0.1) is 23.3 Å². The number of halogens is 3. The van der Waals surface area contributed by atoms with E-state index in [-0.39, 0.29) is 35.8 Å². The monoisotopic (exact) mass is 451 g/mol. The summed E-state index contributed by atoms with van der Waals surface area (Å²) in [6.07, 6.45) is -2.50. The summed E-state index contributed by atoms with van der Waals surface area (Å²) in [7, 11) is 1.39. The average molecular weight is 451 g/mol. The van der Waals surface area contributed by atoms with Gasteiger partial charge in [-0.3, -0.25) is 19.8 Å². The molecule has 0 aromatic heterocycles. The highest BCUT2D eigenvalue weighted by atomic mass is 19.4. The van der Waals surface area contributed by atoms with Crippen LogP contribution in [0.15, 0.2) is 42.5 Å². The molecule has 1 fully saturated rings. The Morgan fingerprint density at radius 3 is 2.59 bits per heavy atom. The summed E-state index contributed by atoms with van der Waals surface area (Å²) in [4.78, 5) is 25.0. The number of hydrogen-bond donors (Lipinski definition) is 1. The number of nitrogens with one attached hydrogen (secondary N) is 1. The minimum atomic E-state index is -4.42. The lowest BCUT2D eigenvalue weighted by atomic mass is 10.0. The zero-order valence-electron chi connectivity index (χ0n) is 17.7. The lowest BCUT2D eigenvalue weighted by molar-refractivity contribution is -0.384. The molecule has 32 heavy (non-hydrogen) atoms. The molecule has 1 aliphatic carbocycles. The first-order chi connectivity index (χ1) is 15.1. The Labute approximate surface area is 183 Å². The molecule has 1 N–H and O–H groups in total. The fourth-order valence-electron chi connectivity index (χ4n) is 3.62. The predicted octanol–water partition coefficient (Wildman–Crippen LogP) is 5.18. The van der Waals surface area contributed by atoms with Gasteiger partial charge < -0.3 is 10.1 Å². The number of carbonyl (C=O) groups is 1. The minimum Gasteiger partial charge on any atom is -0.495 e. The Bertz CT molecular complexity index is 993. The number of anilines is 1. The standard InChI is InChI=1S/C22H24F3N3O4/c1-14(15-4-3-5-16(12-15)22(23,24)25)27(17-6-7-17)11-10-21(29)26-19-13-18(28(30)31)8-9-20(19)32-2/h3-5,8-9,12-14,17H,6-7,10-11H2,1-2H3,(H,26,29). The van der Waals surface area contributed by atoms with E-state index in [2.05, 4.69) is 5.32 Å². The molecule has 1 saturated carbocycles. The molecule has 1 unspecified atom stereocenters. The summed E-state index contributed by atoms with van der Waals surface area (Å²) < 4.78 is 44.4. The molecule has 2 aromatic rings. The van der Waals surface area contributed by atoms with E-state index in [0.29, 0.717) is 17.9 Å². The molecule has 0 heterocycles. The molecule has 3 rings (SSSR count). The van der Waals surface area contributed by atoms with Crippen LogP contribution >= 0.6 is 0 Å². The summed E-state index contributed by atoms with van der Waals surface area (Å²) in [5.74, 6) is -0.0778. The molecule has 172 valence electrons. The molecule has 0 spiro atoms. The second-order valence-corrected chi connectivity index (χ2v) is 7.71. The van der Waals surface area contributed by atoms with Gasteiger partial charge in [-0.15, -0.1) is 0 Å². The van der Waals surface area contributed by atoms with Gasteiger partial charge in [0, 0.05) is 37.2 Å². The molecule has 0 aliphatic heterocycles. The Kier molecular flexibility index (Phi) is 7.02. The Balaban J connectivity index is 1.69. The third kappa shape index (κ3) is 5.76. The van der Waals surface area contributed by atoms with Crippen LogP contribution in [0.5, 0.6) is 5.75 Å². The van der Waals surface area contributed by atoms with Crippen molar-refractivity contribution in [1.82, 2.24) is 4.90 Å². The van der Waals surface area contributed by atoms with Gasteiger partial charge in [-0.25, -0.2) is 0 Å². The van der Waals surface area contributed by atoms with Gasteiger partial charge in [-0.05, 0) is 43.5 Å². The fraction of sp³-hybridized carbons (Fsp3) is 0.409. The highest BCUT2D eigenvalue weighted by Crippen LogP contribution is 2.37. The molecular weight excluding hydrogens is 427 g/mol. The van der Waals surface area contributed by atoms with Gasteiger partial charge in [0.25, 0.3) is 5.69 Å². The fourth-order valence-corrected chi connectivity index (χ4v) is 3.62. The van der Waals surface area contributed by atoms with Crippen LogP contribution in [-0.2, 0) is 11.0 Å². The number of rotatable bonds is 9. The number of methoxy groups -OCH3 is 1. The van der Waals surface area contributed by atoms with E-state index < -0.39 is 16.7 Å². The van der Waals surface area contributed by atoms with E-state index >= 15 is 0 Å². The largest absolute Gasteiger partial charge is 0.495 e. The summed E-state index contributed by atoms with van der Waals surface area (Å²) in [5, 5.41) is 13.6. The third-order valence-electron chi connectivity index (χ3n) is 5.47. The Morgan fingerprint density at radius 2 is 2.00 bits per heavy atom. The highest BCUT2D eigenvalue weighted by Gasteiger charge is 2.35. The summed E-state index contributed by atoms with van der Waals surface area (Å²) in [6.45, 7) is 2.17. The van der Waals surface area contributed by atoms with Crippen LogP contribution in [0.25, 0.3) is 0 Å². The number of carbonyl (C=O) groups excluding carboxylic acids is 1. The Morgan fingerprint density at radius 1 is 1.28 bits per heavy atom. The first kappa shape index (κ1) is 23.5. The van der Waals surface area contributed by atoms with Crippen molar-refractivity contribution in [2.45, 2.75) is 44.4 Å². The van der Waals surface area contributed by atoms with E-state index in [9.17, 15) is 28.1 Å². The van der Waals surface area contributed by atoms with Gasteiger partial charge in [0.2, 0.25) is 5.91 Å². The lowest BCUT2D eigenvalue weighted by Crippen LogP contribution is -2.32. The number of ether oxygens (including phenoxy) is 1. The van der Waals surface area contributed by atoms with Gasteiger partial charge in [0.15, 0.2) is 0 Å². The SMILES string of the molecule is COc1ccc([N+](=O)[O-])cc1NC(=O)CCN(C1CC1)C(C)c1cccc(C(F)(F)F)c1. The number of nitrogens with zero attached hydrogens (tertiary/aromatic N) is 2. The Hall–Kier alpha value is -3.14. The van der Waals surface area contributed by atoms with Crippen LogP contribution in [0.1, 0.15) is 43.4 Å². The van der Waals surface area contributed by atoms with Crippen LogP contribution < -0.4 is 10.1 Å². The second-order valence-electron chi connectivity index (χ2n) is 7.71. The molecule has 2 aromatic carbocycles. The maximum atomic E-state index is 13.1. The third-order valence-corrected chi connectivity index (χ3v) is 5.47. The van der Waals surface area contributed by atoms with E-state index in [4.69, 9.17) is 4.74 Å². The van der Waals surface area contributed by atoms with Crippen molar-refractivity contribution in [1.29, 1.82) is 0 Å². The van der Waals surface area contributed by atoms with Crippen molar-refractivity contribution in [3.63, 3.8) is 0 Å². The maximum absolute atomic E-state index is 13.1. The van der Waals surface area contributed by atoms with Gasteiger partial charge in [-0.2, -0.15) is 13.2 Å². The quantitative estimate of drug-likeness (QED) is 0.420. The molecular formula is C22H24F3N3O4. The number of nitro benzene ring substituents is 1. The van der Waals surface area contributed by atoms with E-state index in [1.165, 1.54) is 31.4 Å². The zero-order chi connectivity index (χ0) is 23.5. The van der Waals surface area contributed by atoms with Crippen LogP contribution in [0.3, 0.4) is 0 Å². The van der Waals surface area contributed by atoms with Crippen LogP contribution in [0.2, 0.25) is 0 Å². The molecule has 7 nitrogen and oxygen atoms in total. The number of alkyl halides is 3. The predicted molar refractivity (Wildman–Crippen MR) is 112 cm³/mol. The number of amides is 1. The highest BCUT2D eigenvalue weighted by molar-refractivity contribution is 5.92. The molecule has 1 atom stereocenters. The maximum Gasteiger partial charge on any atom is 0.416 e. The molecule has 10 heteroatoms. The molecule has 0 bridgehead atoms. The van der Waals surface area contributed by atoms with Crippen LogP contribution in [0.4, 0.5) is 24.5 Å². The number of benzene rings is 2. The minimum absolute atomic E-state index is 0.0750. The van der Waals surface area contributed by atoms with Crippen molar-refractivity contribution in [3.8, 4) is 5.75 Å². The van der Waals surface area contributed by atoms with Gasteiger partial charge >= 0.3 is 6.18 Å². The lowest BCUT2D eigenvalue weighted by Gasteiger charge is -2.29. The van der Waals surface area contributed by atoms with Crippen LogP contribution in [0, 0.1) is 10.1 Å². The average Bonchev–Trinajstić information content (AvgIpc) is 3.58. The summed E-state index contributed by atoms with van der Waals surface area (Å²) >= 11 is 0. The zero-order valence-corrected chi connectivity index (χ0v) is 17.7. The van der Waals surface area contributed by atoms with E-state index in [1.807, 2.05) is 11.8 Å². The van der Waals surface area contributed by atoms with Gasteiger partial charge in [0.1, 0.15) is 5.75 Å². The van der Waals surface area contributed by atoms with Crippen LogP contribution in [-0.4, -0.2) is 35.4 Å². The summed E-state index contributed by atoms with van der Waals surface area (Å²) in [5.41, 5.74) is -0.157. The summed E-state index contributed by atoms with van der Waals surface area (Å²) in [6, 6.07) is 9.04. The number of non-ortho nitro benzene ring substituents is 1. The van der Waals surface area contributed by atoms with Gasteiger partial charge in [-0.1, -0.05) is 12.1 Å². The van der Waals surface area contributed by atoms with Crippen molar-refractivity contribution in [2.75, 3.05) is 19.0 Å². The number of nitro groups is 1. The first-order valence-electron chi connectivity index (χ1n) is 10.2. The smallest absolute Gasteiger partial charge is 0.416 e. The topological polar surface area (TPSA) is 84.7 Å². The molecule has 0 radical (unpaired) electrons. The van der Waals surface area contributed by atoms with E-state index in [0.717, 1.165) is 25.0 Å². The van der Waals surface area contributed by atoms with Crippen molar-refractivity contribution in [3.05, 3.63) is 63.7 Å².